The molecule has 0 fully saturated rings. The molecular weight excluding hydrogens is 489 g/mol. The molecule has 0 spiro atoms. The van der Waals surface area contributed by atoms with Crippen LogP contribution >= 0.6 is 27.5 Å². The van der Waals surface area contributed by atoms with Crippen molar-refractivity contribution >= 4 is 44.9 Å². The zero-order valence-electron chi connectivity index (χ0n) is 15.5. The molecule has 3 aromatic rings. The lowest BCUT2D eigenvalue weighted by Crippen LogP contribution is -2.19. The van der Waals surface area contributed by atoms with E-state index < -0.39 is 23.5 Å². The van der Waals surface area contributed by atoms with E-state index in [4.69, 9.17) is 11.6 Å². The number of pyridine rings is 1. The van der Waals surface area contributed by atoms with Gasteiger partial charge in [-0.3, -0.25) is 9.59 Å². The molecule has 0 radical (unpaired) electrons. The Morgan fingerprint density at radius 2 is 1.93 bits per heavy atom. The van der Waals surface area contributed by atoms with E-state index in [0.717, 1.165) is 4.68 Å². The van der Waals surface area contributed by atoms with Gasteiger partial charge in [0.15, 0.2) is 17.3 Å². The number of amides is 1. The normalized spacial score (nSPS) is 11.4. The van der Waals surface area contributed by atoms with Gasteiger partial charge in [-0.15, -0.1) is 0 Å². The van der Waals surface area contributed by atoms with Crippen LogP contribution in [0.4, 0.5) is 18.9 Å². The molecule has 3 rings (SSSR count). The number of aromatic nitrogens is 3. The van der Waals surface area contributed by atoms with Gasteiger partial charge in [-0.2, -0.15) is 18.3 Å². The van der Waals surface area contributed by atoms with Crippen LogP contribution in [0.25, 0.3) is 5.82 Å². The smallest absolute Gasteiger partial charge is 0.320 e. The van der Waals surface area contributed by atoms with Gasteiger partial charge in [0, 0.05) is 22.3 Å². The standard InChI is InChI=1S/C19H13BrClF3N4O2/c1-9-6-11(20)7-12(10(2)29)16(9)26-18(30)14-8-15(19(22,23)24)27-28(14)17-13(21)4-3-5-25-17/h3-8H,1-2H3,(H,26,30). The van der Waals surface area contributed by atoms with Gasteiger partial charge in [0.2, 0.25) is 0 Å². The molecule has 0 saturated carbocycles. The summed E-state index contributed by atoms with van der Waals surface area (Å²) in [6.07, 6.45) is -3.48. The van der Waals surface area contributed by atoms with Crippen molar-refractivity contribution in [1.29, 1.82) is 0 Å². The Morgan fingerprint density at radius 3 is 2.53 bits per heavy atom. The fourth-order valence-electron chi connectivity index (χ4n) is 2.74. The lowest BCUT2D eigenvalue weighted by Gasteiger charge is -2.14. The highest BCUT2D eigenvalue weighted by Crippen LogP contribution is 2.31. The first-order valence-corrected chi connectivity index (χ1v) is 9.56. The minimum absolute atomic E-state index is 0.00706. The fourth-order valence-corrected chi connectivity index (χ4v) is 3.51. The molecule has 0 bridgehead atoms. The van der Waals surface area contributed by atoms with Crippen LogP contribution in [0.2, 0.25) is 5.02 Å². The number of hydrogen-bond acceptors (Lipinski definition) is 4. The Bertz CT molecular complexity index is 1160. The van der Waals surface area contributed by atoms with E-state index in [9.17, 15) is 22.8 Å². The minimum atomic E-state index is -4.79. The minimum Gasteiger partial charge on any atom is -0.320 e. The predicted molar refractivity (Wildman–Crippen MR) is 108 cm³/mol. The summed E-state index contributed by atoms with van der Waals surface area (Å²) in [6.45, 7) is 2.97. The first kappa shape index (κ1) is 22.0. The number of anilines is 1. The molecule has 2 heterocycles. The lowest BCUT2D eigenvalue weighted by atomic mass is 10.0. The van der Waals surface area contributed by atoms with E-state index in [0.29, 0.717) is 16.1 Å². The number of Topliss-reactive ketones (excluding diaryl/α,β-unsaturated/α-hetero) is 1. The zero-order valence-corrected chi connectivity index (χ0v) is 17.9. The van der Waals surface area contributed by atoms with Gasteiger partial charge < -0.3 is 5.32 Å². The molecule has 0 unspecified atom stereocenters. The molecule has 11 heteroatoms. The van der Waals surface area contributed by atoms with E-state index in [-0.39, 0.29) is 27.9 Å². The van der Waals surface area contributed by atoms with Crippen molar-refractivity contribution in [2.24, 2.45) is 0 Å². The van der Waals surface area contributed by atoms with E-state index in [1.54, 1.807) is 13.0 Å². The van der Waals surface area contributed by atoms with Crippen LogP contribution in [0.15, 0.2) is 41.0 Å². The second kappa shape index (κ2) is 8.19. The van der Waals surface area contributed by atoms with Crippen molar-refractivity contribution < 1.29 is 22.8 Å². The molecular formula is C19H13BrClF3N4O2. The van der Waals surface area contributed by atoms with Crippen LogP contribution < -0.4 is 5.32 Å². The number of halogens is 5. The quantitative estimate of drug-likeness (QED) is 0.481. The molecule has 1 aromatic carbocycles. The average molecular weight is 502 g/mol. The van der Waals surface area contributed by atoms with E-state index >= 15 is 0 Å². The number of ketones is 1. The van der Waals surface area contributed by atoms with Gasteiger partial charge in [0.25, 0.3) is 5.91 Å². The topological polar surface area (TPSA) is 76.9 Å². The summed E-state index contributed by atoms with van der Waals surface area (Å²) in [6, 6.07) is 6.68. The third kappa shape index (κ3) is 4.39. The van der Waals surface area contributed by atoms with Gasteiger partial charge in [0.1, 0.15) is 5.69 Å². The lowest BCUT2D eigenvalue weighted by molar-refractivity contribution is -0.141. The second-order valence-corrected chi connectivity index (χ2v) is 7.61. The molecule has 2 aromatic heterocycles. The number of alkyl halides is 3. The first-order valence-electron chi connectivity index (χ1n) is 8.39. The van der Waals surface area contributed by atoms with Crippen molar-refractivity contribution in [3.63, 3.8) is 0 Å². The number of nitrogens with one attached hydrogen (secondary N) is 1. The van der Waals surface area contributed by atoms with Crippen molar-refractivity contribution in [3.05, 3.63) is 68.5 Å². The van der Waals surface area contributed by atoms with Crippen LogP contribution in [-0.4, -0.2) is 26.5 Å². The highest BCUT2D eigenvalue weighted by molar-refractivity contribution is 9.10. The second-order valence-electron chi connectivity index (χ2n) is 6.29. The predicted octanol–water partition coefficient (Wildman–Crippen LogP) is 5.47. The van der Waals surface area contributed by atoms with Gasteiger partial charge in [-0.05, 0) is 43.7 Å². The third-order valence-electron chi connectivity index (χ3n) is 4.09. The molecule has 30 heavy (non-hydrogen) atoms. The summed E-state index contributed by atoms with van der Waals surface area (Å²) in [7, 11) is 0. The van der Waals surface area contributed by atoms with Gasteiger partial charge in [-0.25, -0.2) is 9.67 Å². The maximum Gasteiger partial charge on any atom is 0.435 e. The van der Waals surface area contributed by atoms with Crippen LogP contribution in [-0.2, 0) is 6.18 Å². The van der Waals surface area contributed by atoms with Crippen molar-refractivity contribution in [2.45, 2.75) is 20.0 Å². The van der Waals surface area contributed by atoms with Crippen LogP contribution in [0.5, 0.6) is 0 Å². The summed E-state index contributed by atoms with van der Waals surface area (Å²) < 4.78 is 41.1. The van der Waals surface area contributed by atoms with Crippen molar-refractivity contribution in [2.75, 3.05) is 5.32 Å². The molecule has 0 aliphatic rings. The van der Waals surface area contributed by atoms with Gasteiger partial charge in [0.05, 0.1) is 10.7 Å². The van der Waals surface area contributed by atoms with E-state index in [1.807, 2.05) is 0 Å². The van der Waals surface area contributed by atoms with Gasteiger partial charge in [-0.1, -0.05) is 27.5 Å². The number of aryl methyl sites for hydroxylation is 1. The van der Waals surface area contributed by atoms with E-state index in [2.05, 4.69) is 31.3 Å². The zero-order chi connectivity index (χ0) is 22.2. The number of hydrogen-bond donors (Lipinski definition) is 1. The Hall–Kier alpha value is -2.72. The Morgan fingerprint density at radius 1 is 1.23 bits per heavy atom. The molecule has 6 nitrogen and oxygen atoms in total. The molecule has 0 aliphatic heterocycles. The molecule has 1 N–H and O–H groups in total. The summed E-state index contributed by atoms with van der Waals surface area (Å²) in [5.74, 6) is -1.38. The Labute approximate surface area is 182 Å². The maximum absolute atomic E-state index is 13.3. The summed E-state index contributed by atoms with van der Waals surface area (Å²) in [4.78, 5) is 28.9. The monoisotopic (exact) mass is 500 g/mol. The largest absolute Gasteiger partial charge is 0.435 e. The number of carbonyl (C=O) groups is 2. The SMILES string of the molecule is CC(=O)c1cc(Br)cc(C)c1NC(=O)c1cc(C(F)(F)F)nn1-c1ncccc1Cl. The number of benzene rings is 1. The Balaban J connectivity index is 2.13. The molecule has 0 atom stereocenters. The molecule has 1 amide bonds. The number of carbonyl (C=O) groups excluding carboxylic acids is 2. The maximum atomic E-state index is 13.3. The van der Waals surface area contributed by atoms with Crippen molar-refractivity contribution in [1.82, 2.24) is 14.8 Å². The fraction of sp³-hybridized carbons (Fsp3) is 0.158. The molecule has 0 saturated heterocycles. The van der Waals surface area contributed by atoms with Crippen LogP contribution in [0.1, 0.15) is 39.0 Å². The van der Waals surface area contributed by atoms with E-state index in [1.165, 1.54) is 31.3 Å². The highest BCUT2D eigenvalue weighted by atomic mass is 79.9. The summed E-state index contributed by atoms with van der Waals surface area (Å²) in [5.41, 5.74) is -0.799. The molecule has 0 aliphatic carbocycles. The number of nitrogens with zero attached hydrogens (tertiary/aromatic N) is 3. The van der Waals surface area contributed by atoms with Gasteiger partial charge >= 0.3 is 6.18 Å². The van der Waals surface area contributed by atoms with Crippen LogP contribution in [0.3, 0.4) is 0 Å². The summed E-state index contributed by atoms with van der Waals surface area (Å²) in [5, 5.41) is 6.00. The third-order valence-corrected chi connectivity index (χ3v) is 4.84. The first-order chi connectivity index (χ1) is 14.0. The Kier molecular flexibility index (Phi) is 6.00. The highest BCUT2D eigenvalue weighted by Gasteiger charge is 2.36. The average Bonchev–Trinajstić information content (AvgIpc) is 3.09. The number of rotatable bonds is 4. The summed E-state index contributed by atoms with van der Waals surface area (Å²) >= 11 is 9.32. The molecule has 156 valence electrons. The van der Waals surface area contributed by atoms with Crippen molar-refractivity contribution in [3.8, 4) is 5.82 Å². The van der Waals surface area contributed by atoms with Crippen LogP contribution in [0, 0.1) is 6.92 Å².